The zero-order chi connectivity index (χ0) is 29.7. The highest BCUT2D eigenvalue weighted by Gasteiger charge is 2.13. The largest absolute Gasteiger partial charge is 0.0919 e. The van der Waals surface area contributed by atoms with Crippen molar-refractivity contribution in [3.63, 3.8) is 0 Å². The van der Waals surface area contributed by atoms with E-state index >= 15 is 0 Å². The normalized spacial score (nSPS) is 13.5. The van der Waals surface area contributed by atoms with E-state index in [4.69, 9.17) is 0 Å². The van der Waals surface area contributed by atoms with Gasteiger partial charge in [-0.3, -0.25) is 0 Å². The molecule has 0 atom stereocenters. The van der Waals surface area contributed by atoms with E-state index in [1.807, 2.05) is 26.0 Å². The fraction of sp³-hybridized carbons (Fsp3) is 0.784. The smallest absolute Gasteiger partial charge is 0.0173 e. The van der Waals surface area contributed by atoms with Gasteiger partial charge in [-0.05, 0) is 91.9 Å². The van der Waals surface area contributed by atoms with Crippen molar-refractivity contribution in [1.82, 2.24) is 0 Å². The molecule has 224 valence electrons. The maximum atomic E-state index is 2.30. The monoisotopic (exact) mass is 521 g/mol. The zero-order valence-corrected chi connectivity index (χ0v) is 28.9. The average molecular weight is 521 g/mol. The molecule has 37 heavy (non-hydrogen) atoms. The number of hydrogen-bond donors (Lipinski definition) is 0. The summed E-state index contributed by atoms with van der Waals surface area (Å²) in [5, 5.41) is 0. The van der Waals surface area contributed by atoms with Gasteiger partial charge in [0.2, 0.25) is 0 Å². The maximum absolute atomic E-state index is 2.30. The molecule has 0 heteroatoms. The highest BCUT2D eigenvalue weighted by molar-refractivity contribution is 5.13. The van der Waals surface area contributed by atoms with E-state index < -0.39 is 0 Å². The molecule has 1 rings (SSSR count). The summed E-state index contributed by atoms with van der Waals surface area (Å²) in [7, 11) is 0. The molecular formula is C37H76. The highest BCUT2D eigenvalue weighted by atomic mass is 14.2. The molecule has 0 aliphatic heterocycles. The Hall–Kier alpha value is -1.04. The van der Waals surface area contributed by atoms with E-state index in [9.17, 15) is 0 Å². The van der Waals surface area contributed by atoms with Crippen molar-refractivity contribution in [1.29, 1.82) is 0 Å². The van der Waals surface area contributed by atoms with Crippen molar-refractivity contribution < 1.29 is 0 Å². The fourth-order valence-electron chi connectivity index (χ4n) is 3.18. The van der Waals surface area contributed by atoms with Gasteiger partial charge in [0.25, 0.3) is 0 Å². The topological polar surface area (TPSA) is 0 Å². The van der Waals surface area contributed by atoms with E-state index in [-0.39, 0.29) is 7.43 Å². The molecule has 1 fully saturated rings. The summed E-state index contributed by atoms with van der Waals surface area (Å²) in [6.07, 6.45) is 13.6. The first-order valence-corrected chi connectivity index (χ1v) is 14.7. The standard InChI is InChI=1S/C9H18.2C8H16.C7H14.C4H8.CH4/c1-7(2)8(3)9(4,5)6;1-6-7(2)8(3,4)5;1-6(2)8(5)7(3)4;1-2-7-5-3-4-6-7;1-3-4-2;/h1-6H3;2*6H,1-5H3;7H,2-6H2,1H3;3-4H,1-2H3;1H4/b;7-6-;;;;. The lowest BCUT2D eigenvalue weighted by atomic mass is 9.85. The second-order valence-corrected chi connectivity index (χ2v) is 13.2. The van der Waals surface area contributed by atoms with Gasteiger partial charge in [0, 0.05) is 0 Å². The Kier molecular flexibility index (Phi) is 31.3. The highest BCUT2D eigenvalue weighted by Crippen LogP contribution is 2.27. The molecule has 0 aromatic carbocycles. The van der Waals surface area contributed by atoms with E-state index in [0.717, 1.165) is 11.8 Å². The molecule has 0 spiro atoms. The Morgan fingerprint density at radius 3 is 1.14 bits per heavy atom. The van der Waals surface area contributed by atoms with Gasteiger partial charge in [-0.25, -0.2) is 0 Å². The lowest BCUT2D eigenvalue weighted by molar-refractivity contribution is 0.498. The van der Waals surface area contributed by atoms with Crippen LogP contribution in [0.15, 0.2) is 46.1 Å². The second kappa shape index (κ2) is 25.2. The van der Waals surface area contributed by atoms with Crippen molar-refractivity contribution >= 4 is 0 Å². The molecule has 1 saturated carbocycles. The summed E-state index contributed by atoms with van der Waals surface area (Å²) >= 11 is 0. The Balaban J connectivity index is -0.000000117. The van der Waals surface area contributed by atoms with E-state index in [1.165, 1.54) is 60.0 Å². The molecule has 0 nitrogen and oxygen atoms in total. The summed E-state index contributed by atoms with van der Waals surface area (Å²) < 4.78 is 0. The second-order valence-electron chi connectivity index (χ2n) is 13.2. The van der Waals surface area contributed by atoms with Gasteiger partial charge in [0.05, 0.1) is 0 Å². The quantitative estimate of drug-likeness (QED) is 0.317. The summed E-state index contributed by atoms with van der Waals surface area (Å²) in [6.45, 7) is 41.5. The SMILES string of the molecule is C.C/C=C(/C)C(C)(C)C.CC(C)=C(C)C(C)(C)C.CC(C)=C(C)C(C)C.CC=CC.CCC1CCCC1. The zero-order valence-electron chi connectivity index (χ0n) is 28.9. The van der Waals surface area contributed by atoms with Crippen LogP contribution in [0.1, 0.15) is 171 Å². The third-order valence-electron chi connectivity index (χ3n) is 7.53. The molecule has 0 amide bonds. The summed E-state index contributed by atoms with van der Waals surface area (Å²) in [5.41, 5.74) is 8.11. The minimum atomic E-state index is 0. The van der Waals surface area contributed by atoms with Crippen LogP contribution in [0.4, 0.5) is 0 Å². The lowest BCUT2D eigenvalue weighted by Gasteiger charge is -2.20. The van der Waals surface area contributed by atoms with Crippen LogP contribution in [-0.2, 0) is 0 Å². The van der Waals surface area contributed by atoms with Crippen LogP contribution in [0, 0.1) is 22.7 Å². The predicted octanol–water partition coefficient (Wildman–Crippen LogP) is 14.2. The Morgan fingerprint density at radius 2 is 1.08 bits per heavy atom. The number of rotatable bonds is 2. The molecule has 0 aromatic rings. The maximum Gasteiger partial charge on any atom is -0.0173 e. The van der Waals surface area contributed by atoms with Crippen LogP contribution in [-0.4, -0.2) is 0 Å². The first-order valence-electron chi connectivity index (χ1n) is 14.7. The fourth-order valence-corrected chi connectivity index (χ4v) is 3.18. The first kappa shape index (κ1) is 45.9. The molecule has 0 bridgehead atoms. The molecule has 0 N–H and O–H groups in total. The summed E-state index contributed by atoms with van der Waals surface area (Å²) in [5.74, 6) is 1.82. The van der Waals surface area contributed by atoms with Gasteiger partial charge in [-0.2, -0.15) is 0 Å². The molecule has 1 aliphatic rings. The minimum Gasteiger partial charge on any atom is -0.0919 e. The molecule has 1 aliphatic carbocycles. The first-order chi connectivity index (χ1) is 16.2. The predicted molar refractivity (Wildman–Crippen MR) is 181 cm³/mol. The van der Waals surface area contributed by atoms with Gasteiger partial charge >= 0.3 is 0 Å². The van der Waals surface area contributed by atoms with Crippen molar-refractivity contribution in [3.8, 4) is 0 Å². The molecule has 0 heterocycles. The molecule has 0 unspecified atom stereocenters. The van der Waals surface area contributed by atoms with Crippen LogP contribution >= 0.6 is 0 Å². The van der Waals surface area contributed by atoms with Crippen molar-refractivity contribution in [2.75, 3.05) is 0 Å². The van der Waals surface area contributed by atoms with Crippen molar-refractivity contribution in [2.45, 2.75) is 171 Å². The van der Waals surface area contributed by atoms with Gasteiger partial charge in [-0.1, -0.05) is 148 Å². The van der Waals surface area contributed by atoms with Crippen LogP contribution in [0.25, 0.3) is 0 Å². The van der Waals surface area contributed by atoms with Gasteiger partial charge < -0.3 is 0 Å². The third kappa shape index (κ3) is 31.1. The van der Waals surface area contributed by atoms with Gasteiger partial charge in [0.1, 0.15) is 0 Å². The number of allylic oxidation sites excluding steroid dienone is 8. The average Bonchev–Trinajstić information content (AvgIpc) is 3.31. The van der Waals surface area contributed by atoms with E-state index in [0.29, 0.717) is 10.8 Å². The van der Waals surface area contributed by atoms with Crippen LogP contribution < -0.4 is 0 Å². The van der Waals surface area contributed by atoms with Gasteiger partial charge in [0.15, 0.2) is 0 Å². The lowest BCUT2D eigenvalue weighted by Crippen LogP contribution is -2.07. The molecule has 0 radical (unpaired) electrons. The van der Waals surface area contributed by atoms with Crippen LogP contribution in [0.5, 0.6) is 0 Å². The number of hydrogen-bond acceptors (Lipinski definition) is 0. The molecular weight excluding hydrogens is 444 g/mol. The van der Waals surface area contributed by atoms with E-state index in [1.54, 1.807) is 0 Å². The van der Waals surface area contributed by atoms with Crippen molar-refractivity contribution in [3.05, 3.63) is 46.1 Å². The minimum absolute atomic E-state index is 0. The van der Waals surface area contributed by atoms with Gasteiger partial charge in [-0.15, -0.1) is 0 Å². The summed E-state index contributed by atoms with van der Waals surface area (Å²) in [6, 6.07) is 0. The molecule has 0 saturated heterocycles. The van der Waals surface area contributed by atoms with E-state index in [2.05, 4.69) is 124 Å². The Labute approximate surface area is 239 Å². The van der Waals surface area contributed by atoms with Crippen LogP contribution in [0.3, 0.4) is 0 Å². The molecule has 0 aromatic heterocycles. The summed E-state index contributed by atoms with van der Waals surface area (Å²) in [4.78, 5) is 0. The van der Waals surface area contributed by atoms with Crippen molar-refractivity contribution in [2.24, 2.45) is 22.7 Å². The Morgan fingerprint density at radius 1 is 0.703 bits per heavy atom. The van der Waals surface area contributed by atoms with Crippen LogP contribution in [0.2, 0.25) is 0 Å². The Bertz CT molecular complexity index is 615. The third-order valence-corrected chi connectivity index (χ3v) is 7.53.